The molecule has 0 spiro atoms. The van der Waals surface area contributed by atoms with Gasteiger partial charge in [0.1, 0.15) is 0 Å². The van der Waals surface area contributed by atoms with E-state index in [1.807, 2.05) is 0 Å². The Kier molecular flexibility index (Phi) is 3.57. The molecule has 0 heterocycles. The van der Waals surface area contributed by atoms with E-state index in [0.29, 0.717) is 0 Å². The molecule has 0 aromatic rings. The van der Waals surface area contributed by atoms with Gasteiger partial charge in [-0.25, -0.2) is 0 Å². The molecule has 2 unspecified atom stereocenters. The largest absolute Gasteiger partial charge is 0.378 e. The van der Waals surface area contributed by atoms with E-state index in [9.17, 15) is 0 Å². The van der Waals surface area contributed by atoms with Crippen LogP contribution in [0.5, 0.6) is 0 Å². The predicted octanol–water partition coefficient (Wildman–Crippen LogP) is 1.01. The van der Waals surface area contributed by atoms with Gasteiger partial charge in [0.2, 0.25) is 0 Å². The topological polar surface area (TPSA) is 35.2 Å². The Morgan fingerprint density at radius 2 is 1.91 bits per heavy atom. The summed E-state index contributed by atoms with van der Waals surface area (Å²) in [5.74, 6) is 2.48. The van der Waals surface area contributed by atoms with Crippen LogP contribution in [-0.4, -0.2) is 19.3 Å². The van der Waals surface area contributed by atoms with Crippen molar-refractivity contribution in [2.45, 2.75) is 32.9 Å². The molecule has 0 aliphatic rings. The van der Waals surface area contributed by atoms with Gasteiger partial charge in [-0.1, -0.05) is 26.7 Å². The molecule has 0 saturated heterocycles. The Morgan fingerprint density at radius 3 is 2.00 bits per heavy atom. The smallest absolute Gasteiger partial charge is 0.0932 e. The average molecular weight is 155 g/mol. The van der Waals surface area contributed by atoms with Crippen LogP contribution in [0.15, 0.2) is 0 Å². The van der Waals surface area contributed by atoms with E-state index >= 15 is 0 Å². The highest BCUT2D eigenvalue weighted by Gasteiger charge is 2.28. The van der Waals surface area contributed by atoms with Crippen molar-refractivity contribution in [1.82, 2.24) is 0 Å². The molecule has 0 rings (SSSR count). The Morgan fingerprint density at radius 1 is 1.45 bits per heavy atom. The second-order valence-electron chi connectivity index (χ2n) is 3.71. The lowest BCUT2D eigenvalue weighted by Crippen LogP contribution is -2.43. The summed E-state index contributed by atoms with van der Waals surface area (Å²) in [4.78, 5) is 0. The second-order valence-corrected chi connectivity index (χ2v) is 3.71. The van der Waals surface area contributed by atoms with Gasteiger partial charge in [0.05, 0.1) is 12.1 Å². The molecule has 2 nitrogen and oxygen atoms in total. The number of rotatable bonds is 2. The fourth-order valence-electron chi connectivity index (χ4n) is 1.13. The number of nitrogens with two attached hydrogens (primary N) is 1. The molecule has 2 N–H and O–H groups in total. The van der Waals surface area contributed by atoms with E-state index in [0.717, 1.165) is 0 Å². The molecule has 0 aliphatic heterocycles. The minimum Gasteiger partial charge on any atom is -0.378 e. The molecule has 0 amide bonds. The zero-order chi connectivity index (χ0) is 9.07. The van der Waals surface area contributed by atoms with Crippen LogP contribution in [-0.2, 0) is 4.74 Å². The number of hydrogen-bond acceptors (Lipinski definition) is 2. The van der Waals surface area contributed by atoms with Crippen molar-refractivity contribution >= 4 is 0 Å². The molecule has 2 atom stereocenters. The SMILES string of the molecule is C#CC(N)C(OC)C(C)(C)C. The summed E-state index contributed by atoms with van der Waals surface area (Å²) in [5, 5.41) is 0. The van der Waals surface area contributed by atoms with Gasteiger partial charge in [-0.2, -0.15) is 0 Å². The zero-order valence-corrected chi connectivity index (χ0v) is 7.72. The highest BCUT2D eigenvalue weighted by molar-refractivity contribution is 5.04. The first-order valence-corrected chi connectivity index (χ1v) is 3.68. The Hall–Kier alpha value is -0.520. The van der Waals surface area contributed by atoms with Gasteiger partial charge in [-0.15, -0.1) is 6.42 Å². The van der Waals surface area contributed by atoms with Gasteiger partial charge < -0.3 is 10.5 Å². The average Bonchev–Trinajstić information content (AvgIpc) is 1.86. The minimum atomic E-state index is -0.319. The molecule has 0 radical (unpaired) electrons. The highest BCUT2D eigenvalue weighted by atomic mass is 16.5. The first kappa shape index (κ1) is 10.5. The Balaban J connectivity index is 4.31. The maximum atomic E-state index is 5.65. The summed E-state index contributed by atoms with van der Waals surface area (Å²) in [7, 11) is 1.63. The molecular formula is C9H17NO. The van der Waals surface area contributed by atoms with Crippen molar-refractivity contribution in [1.29, 1.82) is 0 Å². The van der Waals surface area contributed by atoms with Crippen LogP contribution in [0.25, 0.3) is 0 Å². The van der Waals surface area contributed by atoms with E-state index in [-0.39, 0.29) is 17.6 Å². The first-order chi connectivity index (χ1) is 4.93. The lowest BCUT2D eigenvalue weighted by atomic mass is 9.85. The molecular weight excluding hydrogens is 138 g/mol. The predicted molar refractivity (Wildman–Crippen MR) is 47.1 cm³/mol. The minimum absolute atomic E-state index is 0.000532. The first-order valence-electron chi connectivity index (χ1n) is 3.68. The quantitative estimate of drug-likeness (QED) is 0.604. The fourth-order valence-corrected chi connectivity index (χ4v) is 1.13. The lowest BCUT2D eigenvalue weighted by molar-refractivity contribution is 0.0102. The number of terminal acetylenes is 1. The van der Waals surface area contributed by atoms with Gasteiger partial charge in [-0.3, -0.25) is 0 Å². The van der Waals surface area contributed by atoms with Crippen LogP contribution in [0.3, 0.4) is 0 Å². The van der Waals surface area contributed by atoms with E-state index in [1.165, 1.54) is 0 Å². The van der Waals surface area contributed by atoms with Crippen molar-refractivity contribution in [2.24, 2.45) is 11.1 Å². The van der Waals surface area contributed by atoms with Gasteiger partial charge in [0, 0.05) is 7.11 Å². The monoisotopic (exact) mass is 155 g/mol. The molecule has 0 aromatic heterocycles. The number of ether oxygens (including phenoxy) is 1. The van der Waals surface area contributed by atoms with E-state index in [1.54, 1.807) is 7.11 Å². The van der Waals surface area contributed by atoms with Crippen LogP contribution in [0.2, 0.25) is 0 Å². The van der Waals surface area contributed by atoms with Crippen LogP contribution < -0.4 is 5.73 Å². The maximum absolute atomic E-state index is 5.65. The number of methoxy groups -OCH3 is 1. The Bertz CT molecular complexity index is 152. The van der Waals surface area contributed by atoms with Gasteiger partial charge in [0.15, 0.2) is 0 Å². The summed E-state index contributed by atoms with van der Waals surface area (Å²) >= 11 is 0. The van der Waals surface area contributed by atoms with Crippen molar-refractivity contribution < 1.29 is 4.74 Å². The molecule has 0 aromatic carbocycles. The third-order valence-electron chi connectivity index (χ3n) is 1.63. The van der Waals surface area contributed by atoms with Gasteiger partial charge >= 0.3 is 0 Å². The molecule has 2 heteroatoms. The summed E-state index contributed by atoms with van der Waals surface area (Å²) < 4.78 is 5.20. The summed E-state index contributed by atoms with van der Waals surface area (Å²) in [6, 6.07) is -0.319. The van der Waals surface area contributed by atoms with Crippen LogP contribution >= 0.6 is 0 Å². The van der Waals surface area contributed by atoms with Crippen LogP contribution in [0, 0.1) is 17.8 Å². The normalized spacial score (nSPS) is 17.1. The van der Waals surface area contributed by atoms with E-state index in [2.05, 4.69) is 26.7 Å². The summed E-state index contributed by atoms with van der Waals surface area (Å²) in [5.41, 5.74) is 5.65. The van der Waals surface area contributed by atoms with E-state index in [4.69, 9.17) is 16.9 Å². The highest BCUT2D eigenvalue weighted by Crippen LogP contribution is 2.23. The molecule has 11 heavy (non-hydrogen) atoms. The lowest BCUT2D eigenvalue weighted by Gasteiger charge is -2.31. The third kappa shape index (κ3) is 2.92. The molecule has 0 fully saturated rings. The molecule has 0 bridgehead atoms. The van der Waals surface area contributed by atoms with Crippen molar-refractivity contribution in [3.05, 3.63) is 0 Å². The van der Waals surface area contributed by atoms with Crippen molar-refractivity contribution in [3.63, 3.8) is 0 Å². The maximum Gasteiger partial charge on any atom is 0.0932 e. The third-order valence-corrected chi connectivity index (χ3v) is 1.63. The molecule has 0 aliphatic carbocycles. The van der Waals surface area contributed by atoms with Crippen LogP contribution in [0.1, 0.15) is 20.8 Å². The van der Waals surface area contributed by atoms with Gasteiger partial charge in [0.25, 0.3) is 0 Å². The zero-order valence-electron chi connectivity index (χ0n) is 7.72. The Labute approximate surface area is 69.1 Å². The van der Waals surface area contributed by atoms with E-state index < -0.39 is 0 Å². The number of hydrogen-bond donors (Lipinski definition) is 1. The van der Waals surface area contributed by atoms with Gasteiger partial charge in [-0.05, 0) is 5.41 Å². The summed E-state index contributed by atoms with van der Waals surface area (Å²) in [6.45, 7) is 6.16. The summed E-state index contributed by atoms with van der Waals surface area (Å²) in [6.07, 6.45) is 5.11. The van der Waals surface area contributed by atoms with Crippen molar-refractivity contribution in [3.8, 4) is 12.3 Å². The van der Waals surface area contributed by atoms with Crippen molar-refractivity contribution in [2.75, 3.05) is 7.11 Å². The molecule has 64 valence electrons. The van der Waals surface area contributed by atoms with Crippen LogP contribution in [0.4, 0.5) is 0 Å². The second kappa shape index (κ2) is 3.75. The fraction of sp³-hybridized carbons (Fsp3) is 0.778. The molecule has 0 saturated carbocycles. The standard InChI is InChI=1S/C9H17NO/c1-6-7(10)8(11-5)9(2,3)4/h1,7-8H,10H2,2-5H3.